The van der Waals surface area contributed by atoms with Crippen LogP contribution in [0.1, 0.15) is 15.9 Å². The van der Waals surface area contributed by atoms with E-state index in [0.717, 1.165) is 11.3 Å². The van der Waals surface area contributed by atoms with E-state index in [1.54, 1.807) is 14.2 Å². The number of benzene rings is 1. The van der Waals surface area contributed by atoms with Crippen LogP contribution in [0.3, 0.4) is 0 Å². The number of ether oxygens (including phenoxy) is 2. The van der Waals surface area contributed by atoms with Crippen molar-refractivity contribution in [3.63, 3.8) is 0 Å². The molecule has 1 amide bonds. The van der Waals surface area contributed by atoms with Crippen LogP contribution in [0.25, 0.3) is 0 Å². The number of carbonyl (C=O) groups is 1. The Morgan fingerprint density at radius 1 is 1.13 bits per heavy atom. The molecule has 0 aliphatic carbocycles. The van der Waals surface area contributed by atoms with E-state index in [1.165, 1.54) is 12.4 Å². The summed E-state index contributed by atoms with van der Waals surface area (Å²) in [5.41, 5.74) is 1.49. The number of rotatable bonds is 8. The van der Waals surface area contributed by atoms with Crippen molar-refractivity contribution < 1.29 is 14.3 Å². The number of methoxy groups -OCH3 is 2. The molecule has 0 saturated heterocycles. The van der Waals surface area contributed by atoms with Crippen molar-refractivity contribution in [2.45, 2.75) is 6.54 Å². The maximum atomic E-state index is 11.8. The molecule has 0 aliphatic rings. The van der Waals surface area contributed by atoms with Gasteiger partial charge in [0.15, 0.2) is 0 Å². The highest BCUT2D eigenvalue weighted by Gasteiger charge is 2.06. The molecule has 0 radical (unpaired) electrons. The number of nitrogens with one attached hydrogen (secondary N) is 2. The number of anilines is 1. The highest BCUT2D eigenvalue weighted by atomic mass is 16.5. The zero-order valence-corrected chi connectivity index (χ0v) is 13.2. The third-order valence-corrected chi connectivity index (χ3v) is 3.12. The minimum Gasteiger partial charge on any atom is -0.497 e. The average Bonchev–Trinajstić information content (AvgIpc) is 2.61. The molecule has 2 aromatic rings. The molecule has 7 heteroatoms. The van der Waals surface area contributed by atoms with E-state index in [9.17, 15) is 4.79 Å². The number of hydrogen-bond donors (Lipinski definition) is 2. The van der Waals surface area contributed by atoms with Gasteiger partial charge in [-0.2, -0.15) is 0 Å². The maximum Gasteiger partial charge on any atom is 0.254 e. The molecule has 1 aromatic carbocycles. The summed E-state index contributed by atoms with van der Waals surface area (Å²) in [6, 6.07) is 7.71. The van der Waals surface area contributed by atoms with Crippen LogP contribution in [-0.4, -0.2) is 43.2 Å². The molecule has 1 aromatic heterocycles. The highest BCUT2D eigenvalue weighted by Crippen LogP contribution is 2.12. The van der Waals surface area contributed by atoms with Crippen molar-refractivity contribution in [1.29, 1.82) is 0 Å². The normalized spacial score (nSPS) is 10.2. The van der Waals surface area contributed by atoms with E-state index in [1.807, 2.05) is 24.3 Å². The third kappa shape index (κ3) is 5.23. The second-order valence-corrected chi connectivity index (χ2v) is 4.75. The predicted octanol–water partition coefficient (Wildman–Crippen LogP) is 1.47. The quantitative estimate of drug-likeness (QED) is 0.718. The smallest absolute Gasteiger partial charge is 0.254 e. The van der Waals surface area contributed by atoms with Gasteiger partial charge in [-0.05, 0) is 17.7 Å². The fourth-order valence-corrected chi connectivity index (χ4v) is 1.83. The Morgan fingerprint density at radius 3 is 2.43 bits per heavy atom. The summed E-state index contributed by atoms with van der Waals surface area (Å²) in [5, 5.41) is 5.81. The fraction of sp³-hybridized carbons (Fsp3) is 0.312. The number of carbonyl (C=O) groups excluding carboxylic acids is 1. The summed E-state index contributed by atoms with van der Waals surface area (Å²) in [6.07, 6.45) is 2.98. The molecular formula is C16H20N4O3. The van der Waals surface area contributed by atoms with Crippen molar-refractivity contribution in [3.05, 3.63) is 47.8 Å². The van der Waals surface area contributed by atoms with Gasteiger partial charge in [0.05, 0.1) is 19.3 Å². The first-order valence-electron chi connectivity index (χ1n) is 7.19. The zero-order chi connectivity index (χ0) is 16.5. The SMILES string of the molecule is COCCNC(=O)c1cnc(NCc2ccc(OC)cc2)nc1. The lowest BCUT2D eigenvalue weighted by Crippen LogP contribution is -2.27. The first-order valence-corrected chi connectivity index (χ1v) is 7.19. The second-order valence-electron chi connectivity index (χ2n) is 4.75. The van der Waals surface area contributed by atoms with Crippen molar-refractivity contribution in [2.75, 3.05) is 32.7 Å². The molecule has 2 rings (SSSR count). The molecule has 0 saturated carbocycles. The van der Waals surface area contributed by atoms with Gasteiger partial charge in [-0.3, -0.25) is 4.79 Å². The van der Waals surface area contributed by atoms with Gasteiger partial charge in [-0.15, -0.1) is 0 Å². The van der Waals surface area contributed by atoms with Gasteiger partial charge in [0.25, 0.3) is 5.91 Å². The lowest BCUT2D eigenvalue weighted by atomic mass is 10.2. The molecule has 0 atom stereocenters. The predicted molar refractivity (Wildman–Crippen MR) is 86.6 cm³/mol. The van der Waals surface area contributed by atoms with Crippen molar-refractivity contribution >= 4 is 11.9 Å². The summed E-state index contributed by atoms with van der Waals surface area (Å²) < 4.78 is 9.98. The Kier molecular flexibility index (Phi) is 6.31. The topological polar surface area (TPSA) is 85.4 Å². The van der Waals surface area contributed by atoms with E-state index in [0.29, 0.717) is 31.2 Å². The molecular weight excluding hydrogens is 296 g/mol. The minimum absolute atomic E-state index is 0.219. The molecule has 0 unspecified atom stereocenters. The van der Waals surface area contributed by atoms with E-state index >= 15 is 0 Å². The van der Waals surface area contributed by atoms with Crippen LogP contribution in [0.15, 0.2) is 36.7 Å². The van der Waals surface area contributed by atoms with Crippen LogP contribution >= 0.6 is 0 Å². The van der Waals surface area contributed by atoms with E-state index in [2.05, 4.69) is 20.6 Å². The Hall–Kier alpha value is -2.67. The van der Waals surface area contributed by atoms with Gasteiger partial charge in [0, 0.05) is 32.6 Å². The maximum absolute atomic E-state index is 11.8. The first-order chi connectivity index (χ1) is 11.2. The first kappa shape index (κ1) is 16.7. The van der Waals surface area contributed by atoms with Crippen LogP contribution in [0.4, 0.5) is 5.95 Å². The van der Waals surface area contributed by atoms with Gasteiger partial charge in [-0.25, -0.2) is 9.97 Å². The summed E-state index contributed by atoms with van der Waals surface area (Å²) in [6.45, 7) is 1.50. The fourth-order valence-electron chi connectivity index (χ4n) is 1.83. The molecule has 122 valence electrons. The van der Waals surface area contributed by atoms with Gasteiger partial charge < -0.3 is 20.1 Å². The summed E-state index contributed by atoms with van der Waals surface area (Å²) >= 11 is 0. The van der Waals surface area contributed by atoms with Crippen LogP contribution in [0.5, 0.6) is 5.75 Å². The Morgan fingerprint density at radius 2 is 1.83 bits per heavy atom. The Bertz CT molecular complexity index is 614. The minimum atomic E-state index is -0.219. The van der Waals surface area contributed by atoms with Crippen LogP contribution < -0.4 is 15.4 Å². The largest absolute Gasteiger partial charge is 0.497 e. The average molecular weight is 316 g/mol. The third-order valence-electron chi connectivity index (χ3n) is 3.12. The molecule has 0 spiro atoms. The summed E-state index contributed by atoms with van der Waals surface area (Å²) in [4.78, 5) is 20.1. The highest BCUT2D eigenvalue weighted by molar-refractivity contribution is 5.93. The lowest BCUT2D eigenvalue weighted by molar-refractivity contribution is 0.0936. The van der Waals surface area contributed by atoms with E-state index in [4.69, 9.17) is 9.47 Å². The molecule has 0 aliphatic heterocycles. The molecule has 23 heavy (non-hydrogen) atoms. The number of hydrogen-bond acceptors (Lipinski definition) is 6. The van der Waals surface area contributed by atoms with Gasteiger partial charge in [0.1, 0.15) is 5.75 Å². The molecule has 1 heterocycles. The van der Waals surface area contributed by atoms with Crippen LogP contribution in [-0.2, 0) is 11.3 Å². The number of aromatic nitrogens is 2. The van der Waals surface area contributed by atoms with E-state index in [-0.39, 0.29) is 5.91 Å². The van der Waals surface area contributed by atoms with Gasteiger partial charge in [-0.1, -0.05) is 12.1 Å². The Labute approximate surface area is 135 Å². The Balaban J connectivity index is 1.85. The molecule has 7 nitrogen and oxygen atoms in total. The molecule has 0 fully saturated rings. The van der Waals surface area contributed by atoms with Gasteiger partial charge in [0.2, 0.25) is 5.95 Å². The molecule has 0 bridgehead atoms. The van der Waals surface area contributed by atoms with Crippen molar-refractivity contribution in [1.82, 2.24) is 15.3 Å². The molecule has 2 N–H and O–H groups in total. The van der Waals surface area contributed by atoms with Crippen molar-refractivity contribution in [3.8, 4) is 5.75 Å². The number of nitrogens with zero attached hydrogens (tertiary/aromatic N) is 2. The lowest BCUT2D eigenvalue weighted by Gasteiger charge is -2.07. The van der Waals surface area contributed by atoms with Gasteiger partial charge >= 0.3 is 0 Å². The monoisotopic (exact) mass is 316 g/mol. The summed E-state index contributed by atoms with van der Waals surface area (Å²) in [7, 11) is 3.21. The van der Waals surface area contributed by atoms with E-state index < -0.39 is 0 Å². The summed E-state index contributed by atoms with van der Waals surface area (Å²) in [5.74, 6) is 1.06. The second kappa shape index (κ2) is 8.70. The van der Waals surface area contributed by atoms with Crippen molar-refractivity contribution in [2.24, 2.45) is 0 Å². The zero-order valence-electron chi connectivity index (χ0n) is 13.2. The standard InChI is InChI=1S/C16H20N4O3/c1-22-8-7-17-15(21)13-10-19-16(20-11-13)18-9-12-3-5-14(23-2)6-4-12/h3-6,10-11H,7-9H2,1-2H3,(H,17,21)(H,18,19,20). The van der Waals surface area contributed by atoms with Crippen LogP contribution in [0.2, 0.25) is 0 Å². The number of amides is 1. The van der Waals surface area contributed by atoms with Crippen LogP contribution in [0, 0.1) is 0 Å².